The molecule has 0 unspecified atom stereocenters. The van der Waals surface area contributed by atoms with Gasteiger partial charge in [-0.2, -0.15) is 0 Å². The lowest BCUT2D eigenvalue weighted by Gasteiger charge is -2.11. The number of hydrogen-bond donors (Lipinski definition) is 1. The summed E-state index contributed by atoms with van der Waals surface area (Å²) in [5.41, 5.74) is 1.32. The molecule has 17 heavy (non-hydrogen) atoms. The first-order valence-electron chi connectivity index (χ1n) is 5.47. The van der Waals surface area contributed by atoms with E-state index in [1.54, 1.807) is 17.1 Å². The molecule has 88 valence electrons. The number of carboxylic acids is 1. The van der Waals surface area contributed by atoms with Crippen LogP contribution in [0.1, 0.15) is 28.9 Å². The Kier molecular flexibility index (Phi) is 3.23. The first kappa shape index (κ1) is 11.4. The van der Waals surface area contributed by atoms with Crippen molar-refractivity contribution < 1.29 is 9.90 Å². The van der Waals surface area contributed by atoms with E-state index in [0.29, 0.717) is 5.92 Å². The minimum atomic E-state index is -0.990. The van der Waals surface area contributed by atoms with Crippen LogP contribution in [0.2, 0.25) is 0 Å². The highest BCUT2D eigenvalue weighted by Crippen LogP contribution is 2.16. The molecule has 2 rings (SSSR count). The fraction of sp³-hybridized carbons (Fsp3) is 0.231. The molecular formula is C13H14N2O2. The van der Waals surface area contributed by atoms with Crippen molar-refractivity contribution in [3.05, 3.63) is 54.1 Å². The molecule has 0 aliphatic rings. The van der Waals surface area contributed by atoms with E-state index in [-0.39, 0.29) is 5.69 Å². The Labute approximate surface area is 99.5 Å². The van der Waals surface area contributed by atoms with E-state index in [9.17, 15) is 4.79 Å². The predicted octanol–water partition coefficient (Wildman–Crippen LogP) is 2.39. The fourth-order valence-corrected chi connectivity index (χ4v) is 1.77. The van der Waals surface area contributed by atoms with Gasteiger partial charge in [-0.05, 0) is 11.5 Å². The summed E-state index contributed by atoms with van der Waals surface area (Å²) in [5.74, 6) is -0.664. The lowest BCUT2D eigenvalue weighted by Crippen LogP contribution is -2.04. The van der Waals surface area contributed by atoms with Gasteiger partial charge in [-0.15, -0.1) is 0 Å². The lowest BCUT2D eigenvalue weighted by molar-refractivity contribution is 0.0691. The van der Waals surface area contributed by atoms with E-state index in [1.807, 2.05) is 18.2 Å². The van der Waals surface area contributed by atoms with Crippen molar-refractivity contribution in [2.75, 3.05) is 0 Å². The molecule has 1 aromatic heterocycles. The van der Waals surface area contributed by atoms with Gasteiger partial charge in [-0.1, -0.05) is 37.3 Å². The number of benzene rings is 1. The molecule has 0 radical (unpaired) electrons. The highest BCUT2D eigenvalue weighted by Gasteiger charge is 2.09. The van der Waals surface area contributed by atoms with Crippen LogP contribution in [0, 0.1) is 0 Å². The summed E-state index contributed by atoms with van der Waals surface area (Å²) in [4.78, 5) is 14.5. The normalized spacial score (nSPS) is 12.3. The van der Waals surface area contributed by atoms with Crippen LogP contribution in [0.25, 0.3) is 0 Å². The summed E-state index contributed by atoms with van der Waals surface area (Å²) in [7, 11) is 0. The highest BCUT2D eigenvalue weighted by atomic mass is 16.4. The summed E-state index contributed by atoms with van der Waals surface area (Å²) in [6, 6.07) is 10.1. The molecule has 1 aromatic carbocycles. The van der Waals surface area contributed by atoms with E-state index >= 15 is 0 Å². The van der Waals surface area contributed by atoms with Gasteiger partial charge in [0, 0.05) is 12.7 Å². The van der Waals surface area contributed by atoms with Crippen LogP contribution in [0.5, 0.6) is 0 Å². The molecular weight excluding hydrogens is 216 g/mol. The van der Waals surface area contributed by atoms with Crippen molar-refractivity contribution >= 4 is 5.97 Å². The van der Waals surface area contributed by atoms with Crippen LogP contribution in [0.15, 0.2) is 42.9 Å². The zero-order valence-corrected chi connectivity index (χ0v) is 9.58. The van der Waals surface area contributed by atoms with Crippen molar-refractivity contribution in [1.82, 2.24) is 9.55 Å². The first-order valence-corrected chi connectivity index (χ1v) is 5.47. The van der Waals surface area contributed by atoms with Crippen molar-refractivity contribution in [2.24, 2.45) is 0 Å². The SMILES string of the molecule is C[C@@H](Cn1cnc(C(=O)O)c1)c1ccccc1. The van der Waals surface area contributed by atoms with Gasteiger partial charge in [0.2, 0.25) is 0 Å². The number of rotatable bonds is 4. The van der Waals surface area contributed by atoms with Gasteiger partial charge in [0.15, 0.2) is 5.69 Å². The zero-order chi connectivity index (χ0) is 12.3. The maximum Gasteiger partial charge on any atom is 0.356 e. The van der Waals surface area contributed by atoms with Gasteiger partial charge in [0.05, 0.1) is 6.33 Å². The minimum absolute atomic E-state index is 0.0882. The van der Waals surface area contributed by atoms with Gasteiger partial charge in [0.25, 0.3) is 0 Å². The van der Waals surface area contributed by atoms with Gasteiger partial charge in [0.1, 0.15) is 0 Å². The standard InChI is InChI=1S/C13H14N2O2/c1-10(11-5-3-2-4-6-11)7-15-8-12(13(16)17)14-9-15/h2-6,8-10H,7H2,1H3,(H,16,17)/t10-/m0/s1. The maximum atomic E-state index is 10.7. The Balaban J connectivity index is 2.08. The molecule has 0 amide bonds. The third kappa shape index (κ3) is 2.72. The second kappa shape index (κ2) is 4.82. The minimum Gasteiger partial charge on any atom is -0.476 e. The molecule has 0 saturated heterocycles. The third-order valence-electron chi connectivity index (χ3n) is 2.71. The molecule has 4 nitrogen and oxygen atoms in total. The molecule has 0 aliphatic heterocycles. The molecule has 0 spiro atoms. The Morgan fingerprint density at radius 1 is 1.41 bits per heavy atom. The zero-order valence-electron chi connectivity index (χ0n) is 9.58. The van der Waals surface area contributed by atoms with Crippen molar-refractivity contribution in [1.29, 1.82) is 0 Å². The van der Waals surface area contributed by atoms with Crippen LogP contribution >= 0.6 is 0 Å². The predicted molar refractivity (Wildman–Crippen MR) is 64.0 cm³/mol. The van der Waals surface area contributed by atoms with Crippen LogP contribution in [-0.2, 0) is 6.54 Å². The Bertz CT molecular complexity index is 505. The van der Waals surface area contributed by atoms with Gasteiger partial charge in [-0.3, -0.25) is 0 Å². The van der Waals surface area contributed by atoms with Crippen molar-refractivity contribution in [3.63, 3.8) is 0 Å². The maximum absolute atomic E-state index is 10.7. The summed E-state index contributed by atoms with van der Waals surface area (Å²) in [6.07, 6.45) is 3.12. The van der Waals surface area contributed by atoms with Gasteiger partial charge in [-0.25, -0.2) is 9.78 Å². The molecule has 0 aliphatic carbocycles. The monoisotopic (exact) mass is 230 g/mol. The molecule has 0 bridgehead atoms. The molecule has 2 aromatic rings. The number of imidazole rings is 1. The number of carboxylic acid groups (broad SMARTS) is 1. The quantitative estimate of drug-likeness (QED) is 0.877. The number of nitrogens with zero attached hydrogens (tertiary/aromatic N) is 2. The van der Waals surface area contributed by atoms with Crippen LogP contribution < -0.4 is 0 Å². The Morgan fingerprint density at radius 2 is 2.12 bits per heavy atom. The Morgan fingerprint density at radius 3 is 2.71 bits per heavy atom. The summed E-state index contributed by atoms with van der Waals surface area (Å²) >= 11 is 0. The van der Waals surface area contributed by atoms with Crippen LogP contribution in [0.4, 0.5) is 0 Å². The summed E-state index contributed by atoms with van der Waals surface area (Å²) < 4.78 is 1.81. The van der Waals surface area contributed by atoms with Crippen LogP contribution in [-0.4, -0.2) is 20.6 Å². The second-order valence-electron chi connectivity index (χ2n) is 4.07. The van der Waals surface area contributed by atoms with E-state index in [4.69, 9.17) is 5.11 Å². The topological polar surface area (TPSA) is 55.1 Å². The van der Waals surface area contributed by atoms with E-state index in [2.05, 4.69) is 24.0 Å². The summed E-state index contributed by atoms with van der Waals surface area (Å²) in [6.45, 7) is 2.83. The van der Waals surface area contributed by atoms with Crippen molar-refractivity contribution in [3.8, 4) is 0 Å². The smallest absolute Gasteiger partial charge is 0.356 e. The highest BCUT2D eigenvalue weighted by molar-refractivity contribution is 5.84. The Hall–Kier alpha value is -2.10. The lowest BCUT2D eigenvalue weighted by atomic mass is 10.0. The molecule has 1 atom stereocenters. The second-order valence-corrected chi connectivity index (χ2v) is 4.07. The van der Waals surface area contributed by atoms with Crippen LogP contribution in [0.3, 0.4) is 0 Å². The van der Waals surface area contributed by atoms with Gasteiger partial charge < -0.3 is 9.67 Å². The number of carbonyl (C=O) groups is 1. The van der Waals surface area contributed by atoms with E-state index in [0.717, 1.165) is 6.54 Å². The molecule has 1 heterocycles. The van der Waals surface area contributed by atoms with E-state index < -0.39 is 5.97 Å². The first-order chi connectivity index (χ1) is 8.16. The fourth-order valence-electron chi connectivity index (χ4n) is 1.77. The van der Waals surface area contributed by atoms with E-state index in [1.165, 1.54) is 5.56 Å². The number of aromatic nitrogens is 2. The number of hydrogen-bond acceptors (Lipinski definition) is 2. The average Bonchev–Trinajstić information content (AvgIpc) is 2.79. The third-order valence-corrected chi connectivity index (χ3v) is 2.71. The molecule has 4 heteroatoms. The average molecular weight is 230 g/mol. The number of aromatic carboxylic acids is 1. The molecule has 0 saturated carbocycles. The van der Waals surface area contributed by atoms with Crippen molar-refractivity contribution in [2.45, 2.75) is 19.4 Å². The summed E-state index contributed by atoms with van der Waals surface area (Å²) in [5, 5.41) is 8.77. The molecule has 1 N–H and O–H groups in total. The largest absolute Gasteiger partial charge is 0.476 e. The van der Waals surface area contributed by atoms with Gasteiger partial charge >= 0.3 is 5.97 Å². The molecule has 0 fully saturated rings.